The molecule has 1 saturated heterocycles. The van der Waals surface area contributed by atoms with Crippen molar-refractivity contribution >= 4 is 23.2 Å². The van der Waals surface area contributed by atoms with Gasteiger partial charge in [0.2, 0.25) is 5.91 Å². The van der Waals surface area contributed by atoms with Crippen LogP contribution in [0.4, 0.5) is 15.8 Å². The van der Waals surface area contributed by atoms with Gasteiger partial charge in [0, 0.05) is 38.4 Å². The second-order valence-corrected chi connectivity index (χ2v) is 9.14. The number of rotatable bonds is 7. The molecule has 33 heavy (non-hydrogen) atoms. The van der Waals surface area contributed by atoms with Crippen LogP contribution in [0.5, 0.6) is 0 Å². The van der Waals surface area contributed by atoms with Gasteiger partial charge in [-0.05, 0) is 55.2 Å². The van der Waals surface area contributed by atoms with E-state index in [2.05, 4.69) is 20.4 Å². The zero-order chi connectivity index (χ0) is 23.0. The lowest BCUT2D eigenvalue weighted by Gasteiger charge is -2.37. The lowest BCUT2D eigenvalue weighted by atomic mass is 9.89. The Morgan fingerprint density at radius 3 is 2.24 bits per heavy atom. The fourth-order valence-electron chi connectivity index (χ4n) is 4.78. The first-order valence-corrected chi connectivity index (χ1v) is 12.0. The molecule has 2 amide bonds. The lowest BCUT2D eigenvalue weighted by molar-refractivity contribution is -0.117. The molecule has 0 spiro atoms. The highest BCUT2D eigenvalue weighted by Gasteiger charge is 2.23. The maximum atomic E-state index is 13.1. The summed E-state index contributed by atoms with van der Waals surface area (Å²) in [5.74, 6) is -0.00626. The number of carbonyl (C=O) groups is 2. The Morgan fingerprint density at radius 2 is 1.52 bits per heavy atom. The zero-order valence-electron chi connectivity index (χ0n) is 19.1. The van der Waals surface area contributed by atoms with Crippen LogP contribution >= 0.6 is 0 Å². The fraction of sp³-hybridized carbons (Fsp3) is 0.462. The van der Waals surface area contributed by atoms with E-state index < -0.39 is 0 Å². The average molecular weight is 453 g/mol. The predicted octanol–water partition coefficient (Wildman–Crippen LogP) is 4.21. The largest absolute Gasteiger partial charge is 0.324 e. The number of carbonyl (C=O) groups excluding carboxylic acids is 2. The maximum Gasteiger partial charge on any atom is 0.257 e. The van der Waals surface area contributed by atoms with E-state index in [-0.39, 0.29) is 17.6 Å². The molecule has 0 unspecified atom stereocenters. The van der Waals surface area contributed by atoms with E-state index in [4.69, 9.17) is 0 Å². The van der Waals surface area contributed by atoms with E-state index in [1.807, 2.05) is 0 Å². The molecule has 2 aliphatic rings. The van der Waals surface area contributed by atoms with E-state index in [0.29, 0.717) is 23.5 Å². The average Bonchev–Trinajstić information content (AvgIpc) is 2.83. The summed E-state index contributed by atoms with van der Waals surface area (Å²) in [4.78, 5) is 30.1. The van der Waals surface area contributed by atoms with Gasteiger partial charge in [0.1, 0.15) is 5.82 Å². The fourth-order valence-corrected chi connectivity index (χ4v) is 4.78. The van der Waals surface area contributed by atoms with Crippen molar-refractivity contribution < 1.29 is 14.0 Å². The molecular formula is C26H33FN4O2. The minimum Gasteiger partial charge on any atom is -0.324 e. The normalized spacial score (nSPS) is 18.1. The Hall–Kier alpha value is -2.77. The number of piperazine rings is 1. The van der Waals surface area contributed by atoms with Crippen molar-refractivity contribution in [3.8, 4) is 0 Å². The molecule has 6 nitrogen and oxygen atoms in total. The van der Waals surface area contributed by atoms with Gasteiger partial charge >= 0.3 is 0 Å². The van der Waals surface area contributed by atoms with Gasteiger partial charge in [-0.15, -0.1) is 0 Å². The third kappa shape index (κ3) is 6.85. The number of amides is 2. The first kappa shape index (κ1) is 23.4. The van der Waals surface area contributed by atoms with Crippen molar-refractivity contribution in [1.29, 1.82) is 0 Å². The summed E-state index contributed by atoms with van der Waals surface area (Å²) < 4.78 is 13.1. The Labute approximate surface area is 195 Å². The quantitative estimate of drug-likeness (QED) is 0.661. The number of anilines is 2. The van der Waals surface area contributed by atoms with E-state index >= 15 is 0 Å². The van der Waals surface area contributed by atoms with Gasteiger partial charge in [-0.3, -0.25) is 14.5 Å². The number of benzene rings is 2. The predicted molar refractivity (Wildman–Crippen MR) is 129 cm³/mol. The van der Waals surface area contributed by atoms with Gasteiger partial charge in [0.05, 0.1) is 17.8 Å². The zero-order valence-corrected chi connectivity index (χ0v) is 19.1. The van der Waals surface area contributed by atoms with Crippen LogP contribution in [-0.4, -0.2) is 60.9 Å². The Bertz CT molecular complexity index is 936. The lowest BCUT2D eigenvalue weighted by Crippen LogP contribution is -2.49. The molecular weight excluding hydrogens is 419 g/mol. The minimum absolute atomic E-state index is 0.127. The van der Waals surface area contributed by atoms with Gasteiger partial charge in [0.15, 0.2) is 0 Å². The van der Waals surface area contributed by atoms with E-state index in [9.17, 15) is 14.0 Å². The van der Waals surface area contributed by atoms with Crippen LogP contribution < -0.4 is 10.6 Å². The summed E-state index contributed by atoms with van der Waals surface area (Å²) in [7, 11) is 0. The van der Waals surface area contributed by atoms with Crippen LogP contribution in [-0.2, 0) is 4.79 Å². The van der Waals surface area contributed by atoms with E-state index in [0.717, 1.165) is 32.1 Å². The molecule has 1 heterocycles. The molecule has 1 saturated carbocycles. The van der Waals surface area contributed by atoms with Gasteiger partial charge in [-0.1, -0.05) is 31.4 Å². The number of hydrogen-bond donors (Lipinski definition) is 2. The van der Waals surface area contributed by atoms with Gasteiger partial charge < -0.3 is 15.5 Å². The van der Waals surface area contributed by atoms with Crippen LogP contribution in [0.1, 0.15) is 42.5 Å². The number of nitrogens with zero attached hydrogens (tertiary/aromatic N) is 2. The second-order valence-electron chi connectivity index (χ2n) is 9.14. The molecule has 7 heteroatoms. The number of para-hydroxylation sites is 1. The third-order valence-corrected chi connectivity index (χ3v) is 6.62. The van der Waals surface area contributed by atoms with E-state index in [1.165, 1.54) is 62.9 Å². The molecule has 4 rings (SSSR count). The summed E-state index contributed by atoms with van der Waals surface area (Å²) in [6.45, 7) is 5.27. The smallest absolute Gasteiger partial charge is 0.257 e. The van der Waals surface area contributed by atoms with Gasteiger partial charge in [-0.2, -0.15) is 0 Å². The number of hydrogen-bond acceptors (Lipinski definition) is 4. The molecule has 2 N–H and O–H groups in total. The van der Waals surface area contributed by atoms with Crippen LogP contribution in [0.15, 0.2) is 48.5 Å². The van der Waals surface area contributed by atoms with Crippen molar-refractivity contribution in [3.05, 3.63) is 59.9 Å². The van der Waals surface area contributed by atoms with E-state index in [1.54, 1.807) is 24.3 Å². The summed E-state index contributed by atoms with van der Waals surface area (Å²) in [6.07, 6.45) is 6.84. The molecule has 1 aliphatic heterocycles. The summed E-state index contributed by atoms with van der Waals surface area (Å²) in [5.41, 5.74) is 1.33. The topological polar surface area (TPSA) is 64.7 Å². The Morgan fingerprint density at radius 1 is 0.848 bits per heavy atom. The van der Waals surface area contributed by atoms with Crippen LogP contribution in [0, 0.1) is 11.7 Å². The molecule has 2 fully saturated rings. The Balaban J connectivity index is 1.26. The van der Waals surface area contributed by atoms with Gasteiger partial charge in [0.25, 0.3) is 5.91 Å². The van der Waals surface area contributed by atoms with Crippen LogP contribution in [0.3, 0.4) is 0 Å². The van der Waals surface area contributed by atoms with Crippen molar-refractivity contribution in [2.24, 2.45) is 5.92 Å². The molecule has 2 aromatic rings. The first-order valence-electron chi connectivity index (χ1n) is 12.0. The number of halogens is 1. The van der Waals surface area contributed by atoms with Crippen molar-refractivity contribution in [3.63, 3.8) is 0 Å². The SMILES string of the molecule is O=C(CN1CCN(CC2CCCCC2)CC1)Nc1ccccc1C(=O)Nc1ccc(F)cc1. The maximum absolute atomic E-state index is 13.1. The van der Waals surface area contributed by atoms with Gasteiger partial charge in [-0.25, -0.2) is 4.39 Å². The molecule has 2 aromatic carbocycles. The van der Waals surface area contributed by atoms with Crippen molar-refractivity contribution in [2.45, 2.75) is 32.1 Å². The molecule has 0 aromatic heterocycles. The van der Waals surface area contributed by atoms with Crippen LogP contribution in [0.25, 0.3) is 0 Å². The molecule has 1 aliphatic carbocycles. The molecule has 0 bridgehead atoms. The number of nitrogens with one attached hydrogen (secondary N) is 2. The summed E-state index contributed by atoms with van der Waals surface area (Å²) in [6, 6.07) is 12.5. The third-order valence-electron chi connectivity index (χ3n) is 6.62. The Kier molecular flexibility index (Phi) is 8.07. The highest BCUT2D eigenvalue weighted by atomic mass is 19.1. The second kappa shape index (κ2) is 11.4. The van der Waals surface area contributed by atoms with Crippen molar-refractivity contribution in [1.82, 2.24) is 9.80 Å². The summed E-state index contributed by atoms with van der Waals surface area (Å²) in [5, 5.41) is 5.64. The van der Waals surface area contributed by atoms with Crippen molar-refractivity contribution in [2.75, 3.05) is 49.9 Å². The monoisotopic (exact) mass is 452 g/mol. The molecule has 176 valence electrons. The van der Waals surface area contributed by atoms with Crippen LogP contribution in [0.2, 0.25) is 0 Å². The molecule has 0 radical (unpaired) electrons. The highest BCUT2D eigenvalue weighted by molar-refractivity contribution is 6.10. The summed E-state index contributed by atoms with van der Waals surface area (Å²) >= 11 is 0. The first-order chi connectivity index (χ1) is 16.1. The highest BCUT2D eigenvalue weighted by Crippen LogP contribution is 2.25. The minimum atomic E-state index is -0.365. The standard InChI is InChI=1S/C26H33FN4O2/c27-21-10-12-22(13-11-21)28-26(33)23-8-4-5-9-24(23)29-25(32)19-31-16-14-30(15-17-31)18-20-6-2-1-3-7-20/h4-5,8-13,20H,1-3,6-7,14-19H2,(H,28,33)(H,29,32). The molecule has 0 atom stereocenters.